The summed E-state index contributed by atoms with van der Waals surface area (Å²) in [7, 11) is 2.87. The fourth-order valence-electron chi connectivity index (χ4n) is 1.84. The summed E-state index contributed by atoms with van der Waals surface area (Å²) in [4.78, 5) is 1.15. The van der Waals surface area contributed by atoms with Crippen molar-refractivity contribution in [1.29, 1.82) is 0 Å². The van der Waals surface area contributed by atoms with Gasteiger partial charge in [-0.2, -0.15) is 13.2 Å². The number of hydrogen-bond donors (Lipinski definition) is 0. The second-order valence-corrected chi connectivity index (χ2v) is 4.11. The molecule has 0 aliphatic heterocycles. The molecule has 0 aliphatic rings. The molecule has 0 saturated carbocycles. The Labute approximate surface area is 99.0 Å². The Morgan fingerprint density at radius 3 is 2.29 bits per heavy atom. The first-order valence-corrected chi connectivity index (χ1v) is 5.17. The van der Waals surface area contributed by atoms with Crippen molar-refractivity contribution in [1.82, 2.24) is 0 Å². The molecule has 0 fully saturated rings. The molecule has 0 heterocycles. The largest absolute Gasteiger partial charge is 0.494 e. The zero-order valence-corrected chi connectivity index (χ0v) is 10.4. The van der Waals surface area contributed by atoms with Crippen LogP contribution in [0.15, 0.2) is 12.1 Å². The van der Waals surface area contributed by atoms with Crippen LogP contribution in [0.5, 0.6) is 5.75 Å². The lowest BCUT2D eigenvalue weighted by Gasteiger charge is -2.24. The number of benzene rings is 1. The molecule has 0 bridgehead atoms. The average Bonchev–Trinajstić information content (AvgIpc) is 2.13. The third-order valence-electron chi connectivity index (χ3n) is 2.43. The van der Waals surface area contributed by atoms with Crippen LogP contribution in [0.3, 0.4) is 0 Å². The maximum Gasteiger partial charge on any atom is 0.405 e. The van der Waals surface area contributed by atoms with Crippen molar-refractivity contribution in [3.63, 3.8) is 0 Å². The number of aryl methyl sites for hydroxylation is 2. The second-order valence-electron chi connectivity index (χ2n) is 4.11. The Balaban J connectivity index is 3.11. The molecular weight excluding hydrogens is 231 g/mol. The molecule has 2 nitrogen and oxygen atoms in total. The molecule has 1 aromatic carbocycles. The molecule has 0 spiro atoms. The summed E-state index contributed by atoms with van der Waals surface area (Å²) in [5.41, 5.74) is 2.20. The van der Waals surface area contributed by atoms with Crippen LogP contribution in [0, 0.1) is 13.8 Å². The van der Waals surface area contributed by atoms with Crippen LogP contribution >= 0.6 is 0 Å². The zero-order chi connectivity index (χ0) is 13.2. The van der Waals surface area contributed by atoms with Gasteiger partial charge in [0, 0.05) is 7.05 Å². The van der Waals surface area contributed by atoms with Crippen LogP contribution in [-0.2, 0) is 0 Å². The predicted molar refractivity (Wildman–Crippen MR) is 61.8 cm³/mol. The number of methoxy groups -OCH3 is 1. The normalized spacial score (nSPS) is 11.5. The van der Waals surface area contributed by atoms with E-state index in [2.05, 4.69) is 0 Å². The van der Waals surface area contributed by atoms with Gasteiger partial charge in [0.05, 0.1) is 12.8 Å². The van der Waals surface area contributed by atoms with Crippen LogP contribution in [0.25, 0.3) is 0 Å². The van der Waals surface area contributed by atoms with Crippen molar-refractivity contribution in [3.8, 4) is 5.75 Å². The molecule has 1 rings (SSSR count). The Kier molecular flexibility index (Phi) is 3.91. The van der Waals surface area contributed by atoms with Gasteiger partial charge in [0.2, 0.25) is 0 Å². The number of rotatable bonds is 3. The molecular formula is C12H16F3NO. The lowest BCUT2D eigenvalue weighted by molar-refractivity contribution is -0.119. The molecule has 0 N–H and O–H groups in total. The zero-order valence-electron chi connectivity index (χ0n) is 10.4. The van der Waals surface area contributed by atoms with Gasteiger partial charge in [0.15, 0.2) is 0 Å². The number of ether oxygens (including phenoxy) is 1. The number of nitrogens with zero attached hydrogens (tertiary/aromatic N) is 1. The third kappa shape index (κ3) is 3.54. The van der Waals surface area contributed by atoms with Crippen molar-refractivity contribution < 1.29 is 17.9 Å². The highest BCUT2D eigenvalue weighted by Gasteiger charge is 2.30. The average molecular weight is 247 g/mol. The fourth-order valence-corrected chi connectivity index (χ4v) is 1.84. The first-order chi connectivity index (χ1) is 7.74. The van der Waals surface area contributed by atoms with E-state index in [0.29, 0.717) is 11.4 Å². The van der Waals surface area contributed by atoms with E-state index in [0.717, 1.165) is 16.0 Å². The van der Waals surface area contributed by atoms with Gasteiger partial charge < -0.3 is 9.64 Å². The molecule has 17 heavy (non-hydrogen) atoms. The van der Waals surface area contributed by atoms with E-state index in [1.54, 1.807) is 6.07 Å². The molecule has 0 saturated heterocycles. The van der Waals surface area contributed by atoms with Gasteiger partial charge >= 0.3 is 6.18 Å². The van der Waals surface area contributed by atoms with E-state index in [4.69, 9.17) is 4.74 Å². The van der Waals surface area contributed by atoms with Gasteiger partial charge in [-0.15, -0.1) is 0 Å². The molecule has 0 aliphatic carbocycles. The van der Waals surface area contributed by atoms with Crippen molar-refractivity contribution in [3.05, 3.63) is 23.3 Å². The fraction of sp³-hybridized carbons (Fsp3) is 0.500. The summed E-state index contributed by atoms with van der Waals surface area (Å²) in [6.07, 6.45) is -4.22. The summed E-state index contributed by atoms with van der Waals surface area (Å²) >= 11 is 0. The lowest BCUT2D eigenvalue weighted by atomic mass is 10.1. The van der Waals surface area contributed by atoms with Crippen molar-refractivity contribution in [2.45, 2.75) is 20.0 Å². The number of hydrogen-bond acceptors (Lipinski definition) is 2. The minimum Gasteiger partial charge on any atom is -0.494 e. The first-order valence-electron chi connectivity index (χ1n) is 5.17. The Hall–Kier alpha value is -1.39. The van der Waals surface area contributed by atoms with E-state index in [9.17, 15) is 13.2 Å². The molecule has 96 valence electrons. The Morgan fingerprint density at radius 2 is 1.82 bits per heavy atom. The summed E-state index contributed by atoms with van der Waals surface area (Å²) in [6.45, 7) is 2.67. The predicted octanol–water partition coefficient (Wildman–Crippen LogP) is 3.31. The molecule has 0 aromatic heterocycles. The van der Waals surface area contributed by atoms with Crippen LogP contribution in [-0.4, -0.2) is 26.9 Å². The molecule has 0 radical (unpaired) electrons. The SMILES string of the molecule is COc1c(C)cc(C)cc1N(C)CC(F)(F)F. The second kappa shape index (κ2) is 4.85. The van der Waals surface area contributed by atoms with Crippen LogP contribution < -0.4 is 9.64 Å². The highest BCUT2D eigenvalue weighted by molar-refractivity contribution is 5.63. The standard InChI is InChI=1S/C12H16F3NO/c1-8-5-9(2)11(17-4)10(6-8)16(3)7-12(13,14)15/h5-6H,7H2,1-4H3. The minimum absolute atomic E-state index is 0.460. The molecule has 0 atom stereocenters. The maximum atomic E-state index is 12.3. The smallest absolute Gasteiger partial charge is 0.405 e. The van der Waals surface area contributed by atoms with Crippen molar-refractivity contribution >= 4 is 5.69 Å². The van der Waals surface area contributed by atoms with Gasteiger partial charge in [0.1, 0.15) is 12.3 Å². The van der Waals surface area contributed by atoms with Crippen molar-refractivity contribution in [2.75, 3.05) is 25.6 Å². The van der Waals surface area contributed by atoms with E-state index in [1.165, 1.54) is 14.2 Å². The highest BCUT2D eigenvalue weighted by Crippen LogP contribution is 2.33. The quantitative estimate of drug-likeness (QED) is 0.812. The van der Waals surface area contributed by atoms with Gasteiger partial charge in [-0.1, -0.05) is 6.07 Å². The van der Waals surface area contributed by atoms with Crippen LogP contribution in [0.1, 0.15) is 11.1 Å². The highest BCUT2D eigenvalue weighted by atomic mass is 19.4. The number of halogens is 3. The lowest BCUT2D eigenvalue weighted by Crippen LogP contribution is -2.31. The Morgan fingerprint density at radius 1 is 1.24 bits per heavy atom. The number of alkyl halides is 3. The van der Waals surface area contributed by atoms with E-state index < -0.39 is 12.7 Å². The molecule has 0 unspecified atom stereocenters. The number of anilines is 1. The van der Waals surface area contributed by atoms with E-state index in [1.807, 2.05) is 19.9 Å². The van der Waals surface area contributed by atoms with Gasteiger partial charge in [-0.25, -0.2) is 0 Å². The van der Waals surface area contributed by atoms with E-state index in [-0.39, 0.29) is 0 Å². The van der Waals surface area contributed by atoms with Crippen LogP contribution in [0.4, 0.5) is 18.9 Å². The van der Waals surface area contributed by atoms with Gasteiger partial charge in [-0.05, 0) is 31.0 Å². The molecule has 1 aromatic rings. The summed E-state index contributed by atoms with van der Waals surface area (Å²) < 4.78 is 42.2. The van der Waals surface area contributed by atoms with E-state index >= 15 is 0 Å². The van der Waals surface area contributed by atoms with Gasteiger partial charge in [-0.3, -0.25) is 0 Å². The topological polar surface area (TPSA) is 12.5 Å². The molecule has 0 amide bonds. The minimum atomic E-state index is -4.22. The Bertz CT molecular complexity index is 401. The summed E-state index contributed by atoms with van der Waals surface area (Å²) in [5, 5.41) is 0. The van der Waals surface area contributed by atoms with Crippen LogP contribution in [0.2, 0.25) is 0 Å². The third-order valence-corrected chi connectivity index (χ3v) is 2.43. The van der Waals surface area contributed by atoms with Gasteiger partial charge in [0.25, 0.3) is 0 Å². The maximum absolute atomic E-state index is 12.3. The summed E-state index contributed by atoms with van der Waals surface area (Å²) in [5.74, 6) is 0.488. The summed E-state index contributed by atoms with van der Waals surface area (Å²) in [6, 6.07) is 3.57. The van der Waals surface area contributed by atoms with Crippen molar-refractivity contribution in [2.24, 2.45) is 0 Å². The molecule has 5 heteroatoms. The monoisotopic (exact) mass is 247 g/mol. The first kappa shape index (κ1) is 13.7.